The quantitative estimate of drug-likeness (QED) is 0.723. The smallest absolute Gasteiger partial charge is 0.237 e. The number of hydrogen-bond acceptors (Lipinski definition) is 4. The van der Waals surface area contributed by atoms with Gasteiger partial charge in [0.2, 0.25) is 5.91 Å². The van der Waals surface area contributed by atoms with Crippen LogP contribution in [-0.4, -0.2) is 64.3 Å². The van der Waals surface area contributed by atoms with Gasteiger partial charge in [0.25, 0.3) is 0 Å². The van der Waals surface area contributed by atoms with E-state index in [4.69, 9.17) is 4.74 Å². The summed E-state index contributed by atoms with van der Waals surface area (Å²) in [6, 6.07) is -0.0729. The van der Waals surface area contributed by atoms with Crippen LogP contribution in [0.2, 0.25) is 0 Å². The van der Waals surface area contributed by atoms with E-state index < -0.39 is 0 Å². The molecule has 1 aliphatic rings. The van der Waals surface area contributed by atoms with Gasteiger partial charge in [0, 0.05) is 19.1 Å². The molecule has 0 spiro atoms. The first-order chi connectivity index (χ1) is 9.42. The molecule has 1 atom stereocenters. The number of methoxy groups -OCH3 is 1. The molecule has 1 saturated heterocycles. The highest BCUT2D eigenvalue weighted by Gasteiger charge is 2.34. The lowest BCUT2D eigenvalue weighted by atomic mass is 9.79. The molecule has 0 unspecified atom stereocenters. The molecule has 1 fully saturated rings. The number of likely N-dealkylation sites (N-methyl/N-ethyl adjacent to an activating group) is 1. The molecule has 0 aromatic heterocycles. The predicted octanol–water partition coefficient (Wildman–Crippen LogP) is 0.705. The summed E-state index contributed by atoms with van der Waals surface area (Å²) in [6.07, 6.45) is 2.10. The predicted molar refractivity (Wildman–Crippen MR) is 81.7 cm³/mol. The number of hydrogen-bond donors (Lipinski definition) is 2. The molecule has 1 rings (SSSR count). The van der Waals surface area contributed by atoms with Crippen LogP contribution in [-0.2, 0) is 9.53 Å². The third kappa shape index (κ3) is 4.72. The van der Waals surface area contributed by atoms with Gasteiger partial charge in [0.15, 0.2) is 0 Å². The van der Waals surface area contributed by atoms with Gasteiger partial charge in [-0.25, -0.2) is 0 Å². The van der Waals surface area contributed by atoms with Crippen LogP contribution in [0.15, 0.2) is 0 Å². The first-order valence-corrected chi connectivity index (χ1v) is 7.56. The lowest BCUT2D eigenvalue weighted by molar-refractivity contribution is -0.127. The number of nitrogens with one attached hydrogen (secondary N) is 2. The average Bonchev–Trinajstić information content (AvgIpc) is 2.37. The fourth-order valence-corrected chi connectivity index (χ4v) is 3.15. The van der Waals surface area contributed by atoms with Gasteiger partial charge >= 0.3 is 0 Å². The summed E-state index contributed by atoms with van der Waals surface area (Å²) >= 11 is 0. The second-order valence-corrected chi connectivity index (χ2v) is 6.55. The van der Waals surface area contributed by atoms with E-state index in [9.17, 15) is 4.79 Å². The number of amides is 1. The van der Waals surface area contributed by atoms with Gasteiger partial charge in [-0.15, -0.1) is 0 Å². The van der Waals surface area contributed by atoms with Crippen molar-refractivity contribution < 1.29 is 9.53 Å². The standard InChI is InChI=1S/C15H31N3O2/c1-12(2)13(18(3)4)14(19)17-10-15(11-20-5)6-8-16-9-7-15/h12-13,16H,6-11H2,1-5H3,(H,17,19)/t13-/m0/s1. The Balaban J connectivity index is 2.60. The molecule has 0 saturated carbocycles. The first kappa shape index (κ1) is 17.4. The summed E-state index contributed by atoms with van der Waals surface area (Å²) in [5.74, 6) is 0.426. The minimum atomic E-state index is -0.0729. The lowest BCUT2D eigenvalue weighted by Crippen LogP contribution is -2.52. The third-order valence-electron chi connectivity index (χ3n) is 4.21. The summed E-state index contributed by atoms with van der Waals surface area (Å²) < 4.78 is 5.38. The first-order valence-electron chi connectivity index (χ1n) is 7.56. The Morgan fingerprint density at radius 3 is 2.40 bits per heavy atom. The van der Waals surface area contributed by atoms with Crippen LogP contribution in [0.3, 0.4) is 0 Å². The van der Waals surface area contributed by atoms with Gasteiger partial charge in [-0.1, -0.05) is 13.8 Å². The maximum atomic E-state index is 12.4. The van der Waals surface area contributed by atoms with Crippen molar-refractivity contribution in [3.8, 4) is 0 Å². The van der Waals surface area contributed by atoms with E-state index in [1.54, 1.807) is 7.11 Å². The molecule has 0 radical (unpaired) electrons. The fraction of sp³-hybridized carbons (Fsp3) is 0.933. The van der Waals surface area contributed by atoms with E-state index in [1.807, 2.05) is 19.0 Å². The van der Waals surface area contributed by atoms with E-state index in [0.29, 0.717) is 19.1 Å². The van der Waals surface area contributed by atoms with Crippen LogP contribution in [0.5, 0.6) is 0 Å². The maximum Gasteiger partial charge on any atom is 0.237 e. The van der Waals surface area contributed by atoms with E-state index in [1.165, 1.54) is 0 Å². The summed E-state index contributed by atoms with van der Waals surface area (Å²) in [7, 11) is 5.65. The molecule has 1 amide bonds. The number of ether oxygens (including phenoxy) is 1. The Morgan fingerprint density at radius 2 is 1.95 bits per heavy atom. The summed E-state index contributed by atoms with van der Waals surface area (Å²) in [5.41, 5.74) is 0.0868. The topological polar surface area (TPSA) is 53.6 Å². The molecule has 0 aliphatic carbocycles. The zero-order chi connectivity index (χ0) is 15.2. The molecule has 0 bridgehead atoms. The van der Waals surface area contributed by atoms with Gasteiger partial charge in [-0.3, -0.25) is 9.69 Å². The minimum absolute atomic E-state index is 0.0729. The zero-order valence-corrected chi connectivity index (χ0v) is 13.7. The third-order valence-corrected chi connectivity index (χ3v) is 4.21. The minimum Gasteiger partial charge on any atom is -0.384 e. The van der Waals surface area contributed by atoms with Gasteiger partial charge in [0.05, 0.1) is 12.6 Å². The molecule has 20 heavy (non-hydrogen) atoms. The summed E-state index contributed by atoms with van der Waals surface area (Å²) in [4.78, 5) is 14.4. The maximum absolute atomic E-state index is 12.4. The van der Waals surface area contributed by atoms with Gasteiger partial charge in [-0.05, 0) is 45.9 Å². The van der Waals surface area contributed by atoms with Crippen molar-refractivity contribution in [1.82, 2.24) is 15.5 Å². The van der Waals surface area contributed by atoms with E-state index >= 15 is 0 Å². The summed E-state index contributed by atoms with van der Waals surface area (Å²) in [6.45, 7) is 7.59. The van der Waals surface area contributed by atoms with Crippen LogP contribution >= 0.6 is 0 Å². The largest absolute Gasteiger partial charge is 0.384 e. The molecule has 5 heteroatoms. The second-order valence-electron chi connectivity index (χ2n) is 6.55. The Morgan fingerprint density at radius 1 is 1.35 bits per heavy atom. The Kier molecular flexibility index (Phi) is 6.92. The van der Waals surface area contributed by atoms with Crippen LogP contribution in [0.25, 0.3) is 0 Å². The molecular weight excluding hydrogens is 254 g/mol. The second kappa shape index (κ2) is 7.96. The summed E-state index contributed by atoms with van der Waals surface area (Å²) in [5, 5.41) is 6.52. The number of rotatable bonds is 7. The van der Waals surface area contributed by atoms with Crippen LogP contribution in [0.1, 0.15) is 26.7 Å². The molecule has 0 aromatic rings. The van der Waals surface area contributed by atoms with Crippen molar-refractivity contribution in [1.29, 1.82) is 0 Å². The molecule has 1 heterocycles. The van der Waals surface area contributed by atoms with Crippen molar-refractivity contribution >= 4 is 5.91 Å². The van der Waals surface area contributed by atoms with Crippen molar-refractivity contribution in [3.05, 3.63) is 0 Å². The molecule has 1 aliphatic heterocycles. The van der Waals surface area contributed by atoms with Gasteiger partial charge in [-0.2, -0.15) is 0 Å². The Labute approximate surface area is 123 Å². The van der Waals surface area contributed by atoms with Crippen molar-refractivity contribution in [3.63, 3.8) is 0 Å². The Hall–Kier alpha value is -0.650. The number of carbonyl (C=O) groups is 1. The molecular formula is C15H31N3O2. The number of piperidine rings is 1. The van der Waals surface area contributed by atoms with Crippen molar-refractivity contribution in [2.75, 3.05) is 47.4 Å². The van der Waals surface area contributed by atoms with Gasteiger partial charge < -0.3 is 15.4 Å². The van der Waals surface area contributed by atoms with E-state index in [2.05, 4.69) is 24.5 Å². The van der Waals surface area contributed by atoms with Crippen molar-refractivity contribution in [2.45, 2.75) is 32.7 Å². The highest BCUT2D eigenvalue weighted by molar-refractivity contribution is 5.82. The van der Waals surface area contributed by atoms with E-state index in [-0.39, 0.29) is 17.4 Å². The molecule has 2 N–H and O–H groups in total. The van der Waals surface area contributed by atoms with Crippen LogP contribution in [0.4, 0.5) is 0 Å². The van der Waals surface area contributed by atoms with Crippen LogP contribution in [0, 0.1) is 11.3 Å². The zero-order valence-electron chi connectivity index (χ0n) is 13.7. The molecule has 5 nitrogen and oxygen atoms in total. The molecule has 118 valence electrons. The van der Waals surface area contributed by atoms with E-state index in [0.717, 1.165) is 25.9 Å². The highest BCUT2D eigenvalue weighted by Crippen LogP contribution is 2.28. The lowest BCUT2D eigenvalue weighted by Gasteiger charge is -2.38. The average molecular weight is 285 g/mol. The number of carbonyl (C=O) groups excluding carboxylic acids is 1. The van der Waals surface area contributed by atoms with Crippen LogP contribution < -0.4 is 10.6 Å². The number of nitrogens with zero attached hydrogens (tertiary/aromatic N) is 1. The fourth-order valence-electron chi connectivity index (χ4n) is 3.15. The molecule has 0 aromatic carbocycles. The normalized spacial score (nSPS) is 20.1. The van der Waals surface area contributed by atoms with Crippen molar-refractivity contribution in [2.24, 2.45) is 11.3 Å². The highest BCUT2D eigenvalue weighted by atomic mass is 16.5. The Bertz CT molecular complexity index is 286. The van der Waals surface area contributed by atoms with Gasteiger partial charge in [0.1, 0.15) is 0 Å². The SMILES string of the molecule is COCC1(CNC(=O)[C@H](C(C)C)N(C)C)CCNCC1. The monoisotopic (exact) mass is 285 g/mol.